The van der Waals surface area contributed by atoms with Crippen molar-refractivity contribution in [3.63, 3.8) is 0 Å². The molecule has 1 unspecified atom stereocenters. The van der Waals surface area contributed by atoms with Crippen molar-refractivity contribution >= 4 is 0 Å². The Balaban J connectivity index is 2.22. The zero-order valence-electron chi connectivity index (χ0n) is 12.3. The van der Waals surface area contributed by atoms with Crippen LogP contribution in [0.1, 0.15) is 43.3 Å². The van der Waals surface area contributed by atoms with E-state index in [0.717, 1.165) is 37.2 Å². The average molecular weight is 269 g/mol. The summed E-state index contributed by atoms with van der Waals surface area (Å²) in [6, 6.07) is 10.5. The van der Waals surface area contributed by atoms with Gasteiger partial charge in [-0.3, -0.25) is 9.97 Å². The van der Waals surface area contributed by atoms with E-state index < -0.39 is 0 Å². The first-order valence-electron chi connectivity index (χ1n) is 7.42. The van der Waals surface area contributed by atoms with E-state index in [4.69, 9.17) is 0 Å². The summed E-state index contributed by atoms with van der Waals surface area (Å²) in [7, 11) is 0. The summed E-state index contributed by atoms with van der Waals surface area (Å²) in [5.74, 6) is 0. The van der Waals surface area contributed by atoms with E-state index in [9.17, 15) is 0 Å². The largest absolute Gasteiger partial charge is 0.308 e. The van der Waals surface area contributed by atoms with Crippen LogP contribution in [-0.2, 0) is 12.8 Å². The molecule has 0 amide bonds. The molecular formula is C17H23N3. The molecule has 2 heterocycles. The van der Waals surface area contributed by atoms with Gasteiger partial charge in [-0.15, -0.1) is 0 Å². The van der Waals surface area contributed by atoms with Crippen molar-refractivity contribution in [3.8, 4) is 0 Å². The van der Waals surface area contributed by atoms with Gasteiger partial charge in [0, 0.05) is 24.5 Å². The van der Waals surface area contributed by atoms with Crippen molar-refractivity contribution in [2.24, 2.45) is 0 Å². The number of hydrogen-bond acceptors (Lipinski definition) is 3. The zero-order valence-corrected chi connectivity index (χ0v) is 12.3. The molecule has 0 radical (unpaired) electrons. The molecule has 2 aromatic rings. The van der Waals surface area contributed by atoms with E-state index in [1.54, 1.807) is 0 Å². The van der Waals surface area contributed by atoms with Crippen molar-refractivity contribution in [1.82, 2.24) is 15.3 Å². The summed E-state index contributed by atoms with van der Waals surface area (Å²) < 4.78 is 0. The highest BCUT2D eigenvalue weighted by Crippen LogP contribution is 2.19. The number of rotatable bonds is 7. The number of pyridine rings is 2. The number of aryl methyl sites for hydroxylation is 1. The summed E-state index contributed by atoms with van der Waals surface area (Å²) in [6.45, 7) is 5.36. The second-order valence-corrected chi connectivity index (χ2v) is 4.93. The Morgan fingerprint density at radius 1 is 1.05 bits per heavy atom. The van der Waals surface area contributed by atoms with Crippen LogP contribution in [0.15, 0.2) is 42.7 Å². The van der Waals surface area contributed by atoms with Gasteiger partial charge >= 0.3 is 0 Å². The third-order valence-electron chi connectivity index (χ3n) is 3.42. The molecule has 3 heteroatoms. The van der Waals surface area contributed by atoms with Crippen molar-refractivity contribution in [2.75, 3.05) is 6.54 Å². The molecule has 0 saturated heterocycles. The normalized spacial score (nSPS) is 12.3. The first-order valence-corrected chi connectivity index (χ1v) is 7.42. The number of nitrogens with zero attached hydrogens (tertiary/aromatic N) is 2. The van der Waals surface area contributed by atoms with E-state index in [2.05, 4.69) is 41.3 Å². The quantitative estimate of drug-likeness (QED) is 0.838. The molecule has 0 bridgehead atoms. The van der Waals surface area contributed by atoms with Gasteiger partial charge in [0.15, 0.2) is 0 Å². The fraction of sp³-hybridized carbons (Fsp3) is 0.412. The summed E-state index contributed by atoms with van der Waals surface area (Å²) in [6.07, 6.45) is 6.74. The zero-order chi connectivity index (χ0) is 14.2. The standard InChI is InChI=1S/C17H23N3/c1-3-10-19-16(13-15-9-5-6-11-18-15)17-14(4-2)8-7-12-20-17/h5-9,11-12,16,19H,3-4,10,13H2,1-2H3. The maximum absolute atomic E-state index is 4.61. The summed E-state index contributed by atoms with van der Waals surface area (Å²) in [4.78, 5) is 9.05. The highest BCUT2D eigenvalue weighted by Gasteiger charge is 2.16. The average Bonchev–Trinajstić information content (AvgIpc) is 2.52. The summed E-state index contributed by atoms with van der Waals surface area (Å²) in [5, 5.41) is 3.61. The lowest BCUT2D eigenvalue weighted by atomic mass is 10.0. The minimum Gasteiger partial charge on any atom is -0.308 e. The monoisotopic (exact) mass is 269 g/mol. The predicted octanol–water partition coefficient (Wildman–Crippen LogP) is 3.32. The van der Waals surface area contributed by atoms with Crippen molar-refractivity contribution in [1.29, 1.82) is 0 Å². The van der Waals surface area contributed by atoms with Crippen molar-refractivity contribution < 1.29 is 0 Å². The predicted molar refractivity (Wildman–Crippen MR) is 82.6 cm³/mol. The van der Waals surface area contributed by atoms with Crippen LogP contribution < -0.4 is 5.32 Å². The molecule has 2 rings (SSSR count). The maximum Gasteiger partial charge on any atom is 0.0608 e. The van der Waals surface area contributed by atoms with Crippen LogP contribution in [0.25, 0.3) is 0 Å². The fourth-order valence-corrected chi connectivity index (χ4v) is 2.38. The molecule has 3 nitrogen and oxygen atoms in total. The van der Waals surface area contributed by atoms with Crippen molar-refractivity contribution in [2.45, 2.75) is 39.2 Å². The van der Waals surface area contributed by atoms with Gasteiger partial charge in [0.2, 0.25) is 0 Å². The Labute approximate surface area is 121 Å². The molecule has 20 heavy (non-hydrogen) atoms. The highest BCUT2D eigenvalue weighted by molar-refractivity contribution is 5.24. The Hall–Kier alpha value is -1.74. The molecule has 106 valence electrons. The lowest BCUT2D eigenvalue weighted by molar-refractivity contribution is 0.509. The second kappa shape index (κ2) is 7.75. The highest BCUT2D eigenvalue weighted by atomic mass is 14.9. The van der Waals surface area contributed by atoms with E-state index in [1.807, 2.05) is 30.6 Å². The molecule has 0 fully saturated rings. The minimum atomic E-state index is 0.237. The van der Waals surface area contributed by atoms with Gasteiger partial charge in [-0.1, -0.05) is 26.0 Å². The SMILES string of the molecule is CCCNC(Cc1ccccn1)c1ncccc1CC. The smallest absolute Gasteiger partial charge is 0.0608 e. The van der Waals surface area contributed by atoms with Gasteiger partial charge in [-0.2, -0.15) is 0 Å². The summed E-state index contributed by atoms with van der Waals surface area (Å²) >= 11 is 0. The first kappa shape index (κ1) is 14.7. The summed E-state index contributed by atoms with van der Waals surface area (Å²) in [5.41, 5.74) is 3.58. The third-order valence-corrected chi connectivity index (χ3v) is 3.42. The second-order valence-electron chi connectivity index (χ2n) is 4.93. The van der Waals surface area contributed by atoms with E-state index in [1.165, 1.54) is 5.56 Å². The first-order chi connectivity index (χ1) is 9.85. The van der Waals surface area contributed by atoms with Crippen LogP contribution in [0.4, 0.5) is 0 Å². The number of hydrogen-bond donors (Lipinski definition) is 1. The minimum absolute atomic E-state index is 0.237. The molecule has 0 aliphatic rings. The molecule has 0 aliphatic heterocycles. The third kappa shape index (κ3) is 3.87. The Bertz CT molecular complexity index is 511. The van der Waals surface area contributed by atoms with Crippen LogP contribution in [0.3, 0.4) is 0 Å². The van der Waals surface area contributed by atoms with E-state index >= 15 is 0 Å². The van der Waals surface area contributed by atoms with Crippen LogP contribution in [0.5, 0.6) is 0 Å². The molecule has 0 spiro atoms. The molecule has 1 N–H and O–H groups in total. The van der Waals surface area contributed by atoms with E-state index in [-0.39, 0.29) is 6.04 Å². The fourth-order valence-electron chi connectivity index (χ4n) is 2.38. The Morgan fingerprint density at radius 3 is 2.60 bits per heavy atom. The number of nitrogens with one attached hydrogen (secondary N) is 1. The number of aromatic nitrogens is 2. The maximum atomic E-state index is 4.61. The van der Waals surface area contributed by atoms with E-state index in [0.29, 0.717) is 0 Å². The van der Waals surface area contributed by atoms with Crippen LogP contribution >= 0.6 is 0 Å². The van der Waals surface area contributed by atoms with Crippen LogP contribution in [-0.4, -0.2) is 16.5 Å². The lowest BCUT2D eigenvalue weighted by Gasteiger charge is -2.20. The van der Waals surface area contributed by atoms with Crippen molar-refractivity contribution in [3.05, 3.63) is 59.7 Å². The van der Waals surface area contributed by atoms with Gasteiger partial charge in [0.05, 0.1) is 11.7 Å². The molecule has 2 aromatic heterocycles. The Kier molecular flexibility index (Phi) is 5.69. The Morgan fingerprint density at radius 2 is 1.90 bits per heavy atom. The topological polar surface area (TPSA) is 37.8 Å². The van der Waals surface area contributed by atoms with Gasteiger partial charge in [0.1, 0.15) is 0 Å². The molecule has 0 aromatic carbocycles. The van der Waals surface area contributed by atoms with Gasteiger partial charge in [-0.25, -0.2) is 0 Å². The van der Waals surface area contributed by atoms with Gasteiger partial charge in [0.25, 0.3) is 0 Å². The lowest BCUT2D eigenvalue weighted by Crippen LogP contribution is -2.26. The molecular weight excluding hydrogens is 246 g/mol. The van der Waals surface area contributed by atoms with Gasteiger partial charge in [-0.05, 0) is 43.1 Å². The van der Waals surface area contributed by atoms with Crippen LogP contribution in [0.2, 0.25) is 0 Å². The van der Waals surface area contributed by atoms with Gasteiger partial charge < -0.3 is 5.32 Å². The molecule has 1 atom stereocenters. The van der Waals surface area contributed by atoms with Crippen LogP contribution in [0, 0.1) is 0 Å². The molecule has 0 saturated carbocycles. The molecule has 0 aliphatic carbocycles.